The van der Waals surface area contributed by atoms with Crippen molar-refractivity contribution in [2.24, 2.45) is 0 Å². The maximum Gasteiger partial charge on any atom is 0.335 e. The summed E-state index contributed by atoms with van der Waals surface area (Å²) in [6, 6.07) is 7.16. The van der Waals surface area contributed by atoms with Crippen LogP contribution in [0, 0.1) is 0 Å². The third-order valence-corrected chi connectivity index (χ3v) is 2.69. The molecule has 3 nitrogen and oxygen atoms in total. The zero-order chi connectivity index (χ0) is 12.7. The minimum absolute atomic E-state index is 0. The van der Waals surface area contributed by atoms with E-state index in [9.17, 15) is 4.79 Å². The van der Waals surface area contributed by atoms with Crippen LogP contribution < -0.4 is 0 Å². The molecule has 4 heteroatoms. The Bertz CT molecular complexity index is 345. The molecule has 1 aromatic rings. The van der Waals surface area contributed by atoms with Crippen molar-refractivity contribution in [2.45, 2.75) is 33.2 Å². The molecule has 0 unspecified atom stereocenters. The Morgan fingerprint density at radius 1 is 1.11 bits per heavy atom. The second-order valence-electron chi connectivity index (χ2n) is 4.28. The van der Waals surface area contributed by atoms with Gasteiger partial charge in [-0.05, 0) is 43.6 Å². The maximum atomic E-state index is 10.7. The average molecular weight is 272 g/mol. The molecule has 0 fully saturated rings. The first kappa shape index (κ1) is 16.9. The monoisotopic (exact) mass is 271 g/mol. The van der Waals surface area contributed by atoms with Crippen LogP contribution >= 0.6 is 12.4 Å². The molecule has 1 rings (SSSR count). The second-order valence-corrected chi connectivity index (χ2v) is 4.28. The van der Waals surface area contributed by atoms with Crippen LogP contribution in [0.1, 0.15) is 42.6 Å². The first-order valence-corrected chi connectivity index (χ1v) is 6.22. The molecule has 0 bridgehead atoms. The van der Waals surface area contributed by atoms with E-state index in [1.165, 1.54) is 5.56 Å². The van der Waals surface area contributed by atoms with Gasteiger partial charge in [-0.3, -0.25) is 4.90 Å². The van der Waals surface area contributed by atoms with Crippen molar-refractivity contribution in [3.8, 4) is 0 Å². The summed E-state index contributed by atoms with van der Waals surface area (Å²) < 4.78 is 0. The van der Waals surface area contributed by atoms with Crippen molar-refractivity contribution >= 4 is 18.4 Å². The molecule has 0 saturated heterocycles. The Morgan fingerprint density at radius 3 is 2.00 bits per heavy atom. The van der Waals surface area contributed by atoms with E-state index >= 15 is 0 Å². The fourth-order valence-corrected chi connectivity index (χ4v) is 1.91. The van der Waals surface area contributed by atoms with Crippen LogP contribution in [0.5, 0.6) is 0 Å². The highest BCUT2D eigenvalue weighted by Crippen LogP contribution is 2.08. The van der Waals surface area contributed by atoms with Gasteiger partial charge in [0.25, 0.3) is 0 Å². The third-order valence-electron chi connectivity index (χ3n) is 2.69. The fraction of sp³-hybridized carbons (Fsp3) is 0.500. The molecule has 0 aliphatic heterocycles. The lowest BCUT2D eigenvalue weighted by Crippen LogP contribution is -2.24. The van der Waals surface area contributed by atoms with Gasteiger partial charge in [-0.2, -0.15) is 0 Å². The van der Waals surface area contributed by atoms with Crippen LogP contribution in [0.15, 0.2) is 24.3 Å². The van der Waals surface area contributed by atoms with E-state index in [1.54, 1.807) is 12.1 Å². The predicted molar refractivity (Wildman–Crippen MR) is 76.5 cm³/mol. The number of rotatable bonds is 7. The normalized spacial score (nSPS) is 10.2. The lowest BCUT2D eigenvalue weighted by atomic mass is 10.1. The van der Waals surface area contributed by atoms with Crippen LogP contribution in [0.2, 0.25) is 0 Å². The van der Waals surface area contributed by atoms with Crippen molar-refractivity contribution in [2.75, 3.05) is 13.1 Å². The first-order valence-electron chi connectivity index (χ1n) is 6.22. The number of benzene rings is 1. The zero-order valence-corrected chi connectivity index (χ0v) is 11.9. The van der Waals surface area contributed by atoms with Crippen molar-refractivity contribution in [1.82, 2.24) is 4.90 Å². The Balaban J connectivity index is 0.00000289. The molecule has 0 aliphatic carbocycles. The fourth-order valence-electron chi connectivity index (χ4n) is 1.91. The summed E-state index contributed by atoms with van der Waals surface area (Å²) in [5, 5.41) is 8.82. The highest BCUT2D eigenvalue weighted by molar-refractivity contribution is 5.87. The van der Waals surface area contributed by atoms with Crippen LogP contribution in [0.3, 0.4) is 0 Å². The summed E-state index contributed by atoms with van der Waals surface area (Å²) in [5.41, 5.74) is 1.53. The first-order chi connectivity index (χ1) is 8.17. The summed E-state index contributed by atoms with van der Waals surface area (Å²) in [7, 11) is 0. The third kappa shape index (κ3) is 5.52. The Kier molecular flexibility index (Phi) is 8.42. The molecular weight excluding hydrogens is 250 g/mol. The number of carbonyl (C=O) groups is 1. The molecule has 18 heavy (non-hydrogen) atoms. The van der Waals surface area contributed by atoms with Crippen LogP contribution in [-0.2, 0) is 6.54 Å². The van der Waals surface area contributed by atoms with Gasteiger partial charge in [-0.25, -0.2) is 4.79 Å². The van der Waals surface area contributed by atoms with Gasteiger partial charge >= 0.3 is 5.97 Å². The molecule has 0 spiro atoms. The van der Waals surface area contributed by atoms with Crippen LogP contribution in [-0.4, -0.2) is 29.1 Å². The molecule has 0 aromatic heterocycles. The van der Waals surface area contributed by atoms with E-state index in [2.05, 4.69) is 18.7 Å². The van der Waals surface area contributed by atoms with Gasteiger partial charge in [-0.1, -0.05) is 26.0 Å². The molecule has 102 valence electrons. The van der Waals surface area contributed by atoms with E-state index < -0.39 is 5.97 Å². The minimum atomic E-state index is -0.865. The van der Waals surface area contributed by atoms with Crippen molar-refractivity contribution in [1.29, 1.82) is 0 Å². The van der Waals surface area contributed by atoms with E-state index in [0.717, 1.165) is 32.5 Å². The van der Waals surface area contributed by atoms with Gasteiger partial charge in [0.05, 0.1) is 5.56 Å². The number of carboxylic acids is 1. The topological polar surface area (TPSA) is 40.5 Å². The van der Waals surface area contributed by atoms with Crippen molar-refractivity contribution in [3.05, 3.63) is 35.4 Å². The van der Waals surface area contributed by atoms with Gasteiger partial charge in [-0.15, -0.1) is 12.4 Å². The van der Waals surface area contributed by atoms with Gasteiger partial charge in [0.15, 0.2) is 0 Å². The minimum Gasteiger partial charge on any atom is -0.478 e. The van der Waals surface area contributed by atoms with E-state index in [4.69, 9.17) is 5.11 Å². The standard InChI is InChI=1S/C14H21NO2.ClH/c1-3-9-15(10-4-2)11-12-5-7-13(8-6-12)14(16)17;/h5-8H,3-4,9-11H2,1-2H3,(H,16,17);1H. The van der Waals surface area contributed by atoms with E-state index in [1.807, 2.05) is 12.1 Å². The number of hydrogen-bond acceptors (Lipinski definition) is 2. The summed E-state index contributed by atoms with van der Waals surface area (Å²) in [6.07, 6.45) is 2.29. The Morgan fingerprint density at radius 2 is 1.61 bits per heavy atom. The van der Waals surface area contributed by atoms with Gasteiger partial charge in [0.2, 0.25) is 0 Å². The molecule has 1 N–H and O–H groups in total. The number of halogens is 1. The number of nitrogens with zero attached hydrogens (tertiary/aromatic N) is 1. The molecular formula is C14H22ClNO2. The SMILES string of the molecule is CCCN(CCC)Cc1ccc(C(=O)O)cc1.Cl. The Labute approximate surface area is 115 Å². The second kappa shape index (κ2) is 8.95. The number of aromatic carboxylic acids is 1. The molecule has 0 heterocycles. The molecule has 1 aromatic carbocycles. The quantitative estimate of drug-likeness (QED) is 0.826. The number of carboxylic acid groups (broad SMARTS) is 1. The highest BCUT2D eigenvalue weighted by Gasteiger charge is 2.05. The summed E-state index contributed by atoms with van der Waals surface area (Å²) >= 11 is 0. The largest absolute Gasteiger partial charge is 0.478 e. The zero-order valence-electron chi connectivity index (χ0n) is 11.1. The van der Waals surface area contributed by atoms with Gasteiger partial charge in [0.1, 0.15) is 0 Å². The van der Waals surface area contributed by atoms with Gasteiger partial charge in [0, 0.05) is 6.54 Å². The molecule has 0 saturated carbocycles. The summed E-state index contributed by atoms with van der Waals surface area (Å²) in [4.78, 5) is 13.1. The van der Waals surface area contributed by atoms with Gasteiger partial charge < -0.3 is 5.11 Å². The average Bonchev–Trinajstić information content (AvgIpc) is 2.30. The molecule has 0 aliphatic rings. The van der Waals surface area contributed by atoms with Crippen LogP contribution in [0.4, 0.5) is 0 Å². The lowest BCUT2D eigenvalue weighted by Gasteiger charge is -2.20. The highest BCUT2D eigenvalue weighted by atomic mass is 35.5. The van der Waals surface area contributed by atoms with E-state index in [0.29, 0.717) is 5.56 Å². The summed E-state index contributed by atoms with van der Waals surface area (Å²) in [6.45, 7) is 7.44. The predicted octanol–water partition coefficient (Wildman–Crippen LogP) is 3.43. The summed E-state index contributed by atoms with van der Waals surface area (Å²) in [5.74, 6) is -0.865. The molecule has 0 radical (unpaired) electrons. The maximum absolute atomic E-state index is 10.7. The number of hydrogen-bond donors (Lipinski definition) is 1. The lowest BCUT2D eigenvalue weighted by molar-refractivity contribution is 0.0697. The molecule has 0 atom stereocenters. The smallest absolute Gasteiger partial charge is 0.335 e. The Hall–Kier alpha value is -1.06. The van der Waals surface area contributed by atoms with E-state index in [-0.39, 0.29) is 12.4 Å². The van der Waals surface area contributed by atoms with Crippen LogP contribution in [0.25, 0.3) is 0 Å². The van der Waals surface area contributed by atoms with Crippen molar-refractivity contribution in [3.63, 3.8) is 0 Å². The van der Waals surface area contributed by atoms with Crippen molar-refractivity contribution < 1.29 is 9.90 Å². The molecule has 0 amide bonds.